The normalized spacial score (nSPS) is 25.9. The Morgan fingerprint density at radius 3 is 2.70 bits per heavy atom. The summed E-state index contributed by atoms with van der Waals surface area (Å²) in [7, 11) is 1.29. The lowest BCUT2D eigenvalue weighted by molar-refractivity contribution is -0.180. The molecule has 2 atom stereocenters. The van der Waals surface area contributed by atoms with E-state index in [9.17, 15) is 9.59 Å². The Labute approximate surface area is 119 Å². The summed E-state index contributed by atoms with van der Waals surface area (Å²) < 4.78 is 10.1. The molecule has 1 aliphatic heterocycles. The molecule has 0 amide bonds. The standard InChI is InChI=1S/C16H20O4/c1-16(10-8-12-6-4-3-5-7-12)11-9-13(14(17)19-2)15(18)20-16/h3-7,13H,8-11H2,1-2H3. The first-order valence-corrected chi connectivity index (χ1v) is 6.89. The number of esters is 2. The monoisotopic (exact) mass is 276 g/mol. The zero-order chi connectivity index (χ0) is 14.6. The lowest BCUT2D eigenvalue weighted by Gasteiger charge is -2.36. The van der Waals surface area contributed by atoms with Crippen LogP contribution in [0.4, 0.5) is 0 Å². The van der Waals surface area contributed by atoms with Crippen molar-refractivity contribution in [2.75, 3.05) is 7.11 Å². The van der Waals surface area contributed by atoms with Crippen molar-refractivity contribution >= 4 is 11.9 Å². The summed E-state index contributed by atoms with van der Waals surface area (Å²) >= 11 is 0. The molecule has 1 heterocycles. The van der Waals surface area contributed by atoms with E-state index in [0.717, 1.165) is 12.8 Å². The molecule has 4 heteroatoms. The maximum Gasteiger partial charge on any atom is 0.320 e. The highest BCUT2D eigenvalue weighted by Gasteiger charge is 2.41. The van der Waals surface area contributed by atoms with Gasteiger partial charge in [0, 0.05) is 0 Å². The SMILES string of the molecule is COC(=O)C1CCC(C)(CCc2ccccc2)OC1=O. The Balaban J connectivity index is 1.93. The molecule has 0 saturated carbocycles. The number of cyclic esters (lactones) is 1. The Morgan fingerprint density at radius 2 is 2.10 bits per heavy atom. The van der Waals surface area contributed by atoms with Crippen molar-refractivity contribution < 1.29 is 19.1 Å². The summed E-state index contributed by atoms with van der Waals surface area (Å²) in [5.74, 6) is -1.72. The molecule has 0 radical (unpaired) electrons. The zero-order valence-electron chi connectivity index (χ0n) is 11.9. The number of carbonyl (C=O) groups is 2. The van der Waals surface area contributed by atoms with Crippen LogP contribution in [-0.4, -0.2) is 24.6 Å². The van der Waals surface area contributed by atoms with E-state index in [1.54, 1.807) is 0 Å². The van der Waals surface area contributed by atoms with Crippen LogP contribution in [0.5, 0.6) is 0 Å². The van der Waals surface area contributed by atoms with Gasteiger partial charge in [0.05, 0.1) is 7.11 Å². The third-order valence-corrected chi connectivity index (χ3v) is 3.86. The van der Waals surface area contributed by atoms with Crippen LogP contribution in [0.1, 0.15) is 31.7 Å². The number of carbonyl (C=O) groups excluding carboxylic acids is 2. The Morgan fingerprint density at radius 1 is 1.40 bits per heavy atom. The summed E-state index contributed by atoms with van der Waals surface area (Å²) in [5.41, 5.74) is 0.733. The number of ether oxygens (including phenoxy) is 2. The van der Waals surface area contributed by atoms with Crippen LogP contribution in [0.15, 0.2) is 30.3 Å². The summed E-state index contributed by atoms with van der Waals surface area (Å²) in [6.07, 6.45) is 2.80. The largest absolute Gasteiger partial charge is 0.468 e. The van der Waals surface area contributed by atoms with Crippen LogP contribution in [0, 0.1) is 5.92 Å². The van der Waals surface area contributed by atoms with Gasteiger partial charge in [0.25, 0.3) is 0 Å². The number of rotatable bonds is 4. The van der Waals surface area contributed by atoms with E-state index >= 15 is 0 Å². The first-order chi connectivity index (χ1) is 9.54. The molecular weight excluding hydrogens is 256 g/mol. The average molecular weight is 276 g/mol. The molecule has 1 aromatic rings. The van der Waals surface area contributed by atoms with Crippen LogP contribution in [0.25, 0.3) is 0 Å². The van der Waals surface area contributed by atoms with Gasteiger partial charge in [-0.3, -0.25) is 9.59 Å². The molecule has 0 aromatic heterocycles. The molecule has 2 unspecified atom stereocenters. The van der Waals surface area contributed by atoms with Gasteiger partial charge in [-0.2, -0.15) is 0 Å². The fourth-order valence-electron chi connectivity index (χ4n) is 2.52. The molecule has 0 aliphatic carbocycles. The molecule has 1 fully saturated rings. The molecule has 1 aliphatic rings. The number of methoxy groups -OCH3 is 1. The van der Waals surface area contributed by atoms with E-state index in [-0.39, 0.29) is 0 Å². The smallest absolute Gasteiger partial charge is 0.320 e. The summed E-state index contributed by atoms with van der Waals surface area (Å²) in [6, 6.07) is 10.1. The minimum atomic E-state index is -0.759. The predicted octanol–water partition coefficient (Wildman–Crippen LogP) is 2.50. The van der Waals surface area contributed by atoms with Gasteiger partial charge in [-0.25, -0.2) is 0 Å². The summed E-state index contributed by atoms with van der Waals surface area (Å²) in [6.45, 7) is 1.93. The van der Waals surface area contributed by atoms with E-state index in [2.05, 4.69) is 16.9 Å². The van der Waals surface area contributed by atoms with E-state index in [0.29, 0.717) is 12.8 Å². The number of hydrogen-bond donors (Lipinski definition) is 0. The van der Waals surface area contributed by atoms with Crippen LogP contribution in [0.2, 0.25) is 0 Å². The van der Waals surface area contributed by atoms with Crippen molar-refractivity contribution in [2.24, 2.45) is 5.92 Å². The fourth-order valence-corrected chi connectivity index (χ4v) is 2.52. The maximum absolute atomic E-state index is 11.9. The molecule has 0 N–H and O–H groups in total. The van der Waals surface area contributed by atoms with Crippen molar-refractivity contribution in [3.63, 3.8) is 0 Å². The van der Waals surface area contributed by atoms with E-state index in [1.807, 2.05) is 25.1 Å². The second-order valence-electron chi connectivity index (χ2n) is 5.47. The highest BCUT2D eigenvalue weighted by Crippen LogP contribution is 2.33. The first-order valence-electron chi connectivity index (χ1n) is 6.89. The predicted molar refractivity (Wildman–Crippen MR) is 74.0 cm³/mol. The molecular formula is C16H20O4. The highest BCUT2D eigenvalue weighted by molar-refractivity contribution is 5.95. The third kappa shape index (κ3) is 3.38. The molecule has 108 valence electrons. The van der Waals surface area contributed by atoms with Crippen LogP contribution in [0.3, 0.4) is 0 Å². The van der Waals surface area contributed by atoms with Gasteiger partial charge in [-0.05, 0) is 38.2 Å². The van der Waals surface area contributed by atoms with Gasteiger partial charge in [-0.1, -0.05) is 30.3 Å². The molecule has 1 saturated heterocycles. The van der Waals surface area contributed by atoms with Crippen molar-refractivity contribution in [3.8, 4) is 0 Å². The second kappa shape index (κ2) is 6.07. The number of benzene rings is 1. The molecule has 20 heavy (non-hydrogen) atoms. The van der Waals surface area contributed by atoms with Crippen molar-refractivity contribution in [2.45, 2.75) is 38.2 Å². The summed E-state index contributed by atoms with van der Waals surface area (Å²) in [4.78, 5) is 23.3. The molecule has 0 bridgehead atoms. The van der Waals surface area contributed by atoms with Crippen LogP contribution < -0.4 is 0 Å². The lowest BCUT2D eigenvalue weighted by atomic mass is 9.85. The van der Waals surface area contributed by atoms with Gasteiger partial charge in [0.2, 0.25) is 0 Å². The zero-order valence-corrected chi connectivity index (χ0v) is 11.9. The molecule has 1 aromatic carbocycles. The molecule has 4 nitrogen and oxygen atoms in total. The van der Waals surface area contributed by atoms with Gasteiger partial charge < -0.3 is 9.47 Å². The van der Waals surface area contributed by atoms with Crippen molar-refractivity contribution in [1.82, 2.24) is 0 Å². The minimum absolute atomic E-state index is 0.460. The average Bonchev–Trinajstić information content (AvgIpc) is 2.46. The third-order valence-electron chi connectivity index (χ3n) is 3.86. The number of aryl methyl sites for hydroxylation is 1. The van der Waals surface area contributed by atoms with Crippen LogP contribution in [-0.2, 0) is 25.5 Å². The molecule has 0 spiro atoms. The van der Waals surface area contributed by atoms with Crippen molar-refractivity contribution in [3.05, 3.63) is 35.9 Å². The van der Waals surface area contributed by atoms with Gasteiger partial charge in [0.1, 0.15) is 5.60 Å². The molecule has 2 rings (SSSR count). The van der Waals surface area contributed by atoms with E-state index in [1.165, 1.54) is 12.7 Å². The quantitative estimate of drug-likeness (QED) is 0.626. The number of hydrogen-bond acceptors (Lipinski definition) is 4. The second-order valence-corrected chi connectivity index (χ2v) is 5.47. The first kappa shape index (κ1) is 14.6. The lowest BCUT2D eigenvalue weighted by Crippen LogP contribution is -2.43. The highest BCUT2D eigenvalue weighted by atomic mass is 16.6. The fraction of sp³-hybridized carbons (Fsp3) is 0.500. The topological polar surface area (TPSA) is 52.6 Å². The van der Waals surface area contributed by atoms with Crippen LogP contribution >= 0.6 is 0 Å². The minimum Gasteiger partial charge on any atom is -0.468 e. The van der Waals surface area contributed by atoms with E-state index in [4.69, 9.17) is 4.74 Å². The van der Waals surface area contributed by atoms with Crippen molar-refractivity contribution in [1.29, 1.82) is 0 Å². The van der Waals surface area contributed by atoms with E-state index < -0.39 is 23.5 Å². The van der Waals surface area contributed by atoms with Gasteiger partial charge in [-0.15, -0.1) is 0 Å². The maximum atomic E-state index is 11.9. The van der Waals surface area contributed by atoms with Gasteiger partial charge >= 0.3 is 11.9 Å². The Hall–Kier alpha value is -1.84. The van der Waals surface area contributed by atoms with Gasteiger partial charge in [0.15, 0.2) is 5.92 Å². The Bertz CT molecular complexity index is 483. The summed E-state index contributed by atoms with van der Waals surface area (Å²) in [5, 5.41) is 0. The Kier molecular flexibility index (Phi) is 4.42.